The Bertz CT molecular complexity index is 763. The van der Waals surface area contributed by atoms with Crippen LogP contribution in [0.3, 0.4) is 0 Å². The van der Waals surface area contributed by atoms with Crippen LogP contribution in [0.1, 0.15) is 43.5 Å². The second-order valence-corrected chi connectivity index (χ2v) is 8.45. The molecule has 7 heteroatoms. The first-order valence-electron chi connectivity index (χ1n) is 8.74. The van der Waals surface area contributed by atoms with Crippen LogP contribution < -0.4 is 0 Å². The molecule has 5 unspecified atom stereocenters. The van der Waals surface area contributed by atoms with Gasteiger partial charge in [0.15, 0.2) is 5.41 Å². The highest BCUT2D eigenvalue weighted by Gasteiger charge is 2.91. The number of ether oxygens (including phenoxy) is 3. The van der Waals surface area contributed by atoms with Gasteiger partial charge < -0.3 is 19.3 Å². The first-order chi connectivity index (χ1) is 12.2. The number of aliphatic hydroxyl groups is 1. The number of carbonyl (C=O) groups is 2. The van der Waals surface area contributed by atoms with Crippen LogP contribution in [0.2, 0.25) is 0 Å². The topological polar surface area (TPSA) is 82.1 Å². The largest absolute Gasteiger partial charge is 0.461 e. The summed E-state index contributed by atoms with van der Waals surface area (Å²) in [6.45, 7) is 3.29. The molecule has 2 aliphatic carbocycles. The van der Waals surface area contributed by atoms with Crippen molar-refractivity contribution >= 4 is 24.6 Å². The third-order valence-electron chi connectivity index (χ3n) is 6.36. The Morgan fingerprint density at radius 2 is 2.04 bits per heavy atom. The zero-order chi connectivity index (χ0) is 18.8. The van der Waals surface area contributed by atoms with E-state index in [0.29, 0.717) is 18.4 Å². The maximum absolute atomic E-state index is 12.9. The molecular formula is C19H22O6S. The van der Waals surface area contributed by atoms with Crippen LogP contribution in [0.15, 0.2) is 30.3 Å². The lowest BCUT2D eigenvalue weighted by molar-refractivity contribution is -0.351. The SMILES string of the molecule is CC(S)OC12CC3(O)CCC1(C)OC(=O)C32COC(=O)c1ccccc1. The van der Waals surface area contributed by atoms with Gasteiger partial charge in [0, 0.05) is 6.42 Å². The van der Waals surface area contributed by atoms with Crippen LogP contribution in [0.25, 0.3) is 0 Å². The Kier molecular flexibility index (Phi) is 3.75. The number of hydrogen-bond acceptors (Lipinski definition) is 7. The molecule has 0 spiro atoms. The normalized spacial score (nSPS) is 41.2. The minimum absolute atomic E-state index is 0.260. The molecule has 2 bridgehead atoms. The van der Waals surface area contributed by atoms with Crippen LogP contribution in [0, 0.1) is 5.41 Å². The van der Waals surface area contributed by atoms with Gasteiger partial charge in [0.2, 0.25) is 0 Å². The number of fused-ring (bicyclic) bond motifs is 2. The highest BCUT2D eigenvalue weighted by Crippen LogP contribution is 2.75. The van der Waals surface area contributed by atoms with E-state index in [0.717, 1.165) is 0 Å². The predicted molar refractivity (Wildman–Crippen MR) is 94.7 cm³/mol. The second kappa shape index (κ2) is 5.47. The van der Waals surface area contributed by atoms with E-state index in [1.165, 1.54) is 0 Å². The molecule has 1 N–H and O–H groups in total. The maximum atomic E-state index is 12.9. The minimum Gasteiger partial charge on any atom is -0.461 e. The van der Waals surface area contributed by atoms with Crippen LogP contribution in [-0.4, -0.2) is 45.9 Å². The fourth-order valence-corrected chi connectivity index (χ4v) is 5.23. The van der Waals surface area contributed by atoms with Crippen LogP contribution >= 0.6 is 12.6 Å². The van der Waals surface area contributed by atoms with E-state index in [4.69, 9.17) is 14.2 Å². The van der Waals surface area contributed by atoms with Gasteiger partial charge in [-0.15, -0.1) is 12.6 Å². The van der Waals surface area contributed by atoms with E-state index in [2.05, 4.69) is 12.6 Å². The Morgan fingerprint density at radius 1 is 1.35 bits per heavy atom. The van der Waals surface area contributed by atoms with Gasteiger partial charge in [0.05, 0.1) is 16.6 Å². The number of hydrogen-bond donors (Lipinski definition) is 2. The monoisotopic (exact) mass is 378 g/mol. The van der Waals surface area contributed by atoms with Crippen molar-refractivity contribution < 1.29 is 28.9 Å². The molecule has 1 aromatic carbocycles. The Balaban J connectivity index is 1.68. The number of carbonyl (C=O) groups excluding carboxylic acids is 2. The third kappa shape index (κ3) is 1.96. The molecule has 1 heterocycles. The molecule has 1 aromatic rings. The van der Waals surface area contributed by atoms with Crippen LogP contribution in [0.4, 0.5) is 0 Å². The summed E-state index contributed by atoms with van der Waals surface area (Å²) in [4.78, 5) is 25.3. The van der Waals surface area contributed by atoms with Gasteiger partial charge in [-0.3, -0.25) is 4.79 Å². The zero-order valence-electron chi connectivity index (χ0n) is 14.7. The van der Waals surface area contributed by atoms with Gasteiger partial charge in [-0.1, -0.05) is 18.2 Å². The molecule has 140 valence electrons. The molecule has 0 aromatic heterocycles. The van der Waals surface area contributed by atoms with Gasteiger partial charge in [-0.25, -0.2) is 4.79 Å². The summed E-state index contributed by atoms with van der Waals surface area (Å²) in [7, 11) is 0. The number of rotatable bonds is 5. The highest BCUT2D eigenvalue weighted by molar-refractivity contribution is 7.80. The quantitative estimate of drug-likeness (QED) is 0.464. The van der Waals surface area contributed by atoms with Crippen molar-refractivity contribution in [3.63, 3.8) is 0 Å². The molecule has 3 fully saturated rings. The zero-order valence-corrected chi connectivity index (χ0v) is 15.6. The van der Waals surface area contributed by atoms with Crippen molar-refractivity contribution in [3.05, 3.63) is 35.9 Å². The van der Waals surface area contributed by atoms with Crippen molar-refractivity contribution in [2.24, 2.45) is 5.41 Å². The van der Waals surface area contributed by atoms with Gasteiger partial charge in [0.25, 0.3) is 0 Å². The third-order valence-corrected chi connectivity index (χ3v) is 6.47. The maximum Gasteiger partial charge on any atom is 0.338 e. The Hall–Kier alpha value is -1.57. The molecule has 4 rings (SSSR count). The first kappa shape index (κ1) is 17.8. The number of thiol groups is 1. The van der Waals surface area contributed by atoms with E-state index in [1.807, 2.05) is 6.92 Å². The summed E-state index contributed by atoms with van der Waals surface area (Å²) in [5.74, 6) is -1.12. The lowest BCUT2D eigenvalue weighted by Gasteiger charge is -2.68. The van der Waals surface area contributed by atoms with Gasteiger partial charge >= 0.3 is 11.9 Å². The summed E-state index contributed by atoms with van der Waals surface area (Å²) in [6.07, 6.45) is 1.14. The molecule has 26 heavy (non-hydrogen) atoms. The number of esters is 2. The molecular weight excluding hydrogens is 356 g/mol. The molecule has 0 radical (unpaired) electrons. The second-order valence-electron chi connectivity index (χ2n) is 7.72. The molecule has 1 aliphatic heterocycles. The Morgan fingerprint density at radius 3 is 2.69 bits per heavy atom. The van der Waals surface area contributed by atoms with Crippen LogP contribution in [-0.2, 0) is 19.0 Å². The fraction of sp³-hybridized carbons (Fsp3) is 0.579. The summed E-state index contributed by atoms with van der Waals surface area (Å²) in [6, 6.07) is 8.53. The fourth-order valence-electron chi connectivity index (χ4n) is 5.05. The smallest absolute Gasteiger partial charge is 0.338 e. The van der Waals surface area contributed by atoms with Gasteiger partial charge in [-0.2, -0.15) is 0 Å². The minimum atomic E-state index is -1.42. The average Bonchev–Trinajstić information content (AvgIpc) is 2.67. The van der Waals surface area contributed by atoms with Crippen molar-refractivity contribution in [1.82, 2.24) is 0 Å². The standard InChI is InChI=1S/C19H22O6S/c1-12(26)24-19-10-17(22)9-8-16(19,2)25-15(21)18(17,19)11-23-14(20)13-6-4-3-5-7-13/h3-7,12,22,26H,8-11H2,1-2H3. The first-order valence-corrected chi connectivity index (χ1v) is 9.25. The summed E-state index contributed by atoms with van der Waals surface area (Å²) >= 11 is 4.31. The lowest BCUT2D eigenvalue weighted by atomic mass is 9.39. The average molecular weight is 378 g/mol. The van der Waals surface area contributed by atoms with Gasteiger partial charge in [-0.05, 0) is 38.8 Å². The summed E-state index contributed by atoms with van der Waals surface area (Å²) in [5, 5.41) is 11.1. The molecule has 3 aliphatic rings. The predicted octanol–water partition coefficient (Wildman–Crippen LogP) is 2.11. The van der Waals surface area contributed by atoms with Gasteiger partial charge in [0.1, 0.15) is 17.8 Å². The van der Waals surface area contributed by atoms with E-state index in [1.54, 1.807) is 37.3 Å². The van der Waals surface area contributed by atoms with E-state index < -0.39 is 39.6 Å². The van der Waals surface area contributed by atoms with Crippen molar-refractivity contribution in [2.75, 3.05) is 6.61 Å². The van der Waals surface area contributed by atoms with Crippen molar-refractivity contribution in [1.29, 1.82) is 0 Å². The van der Waals surface area contributed by atoms with E-state index >= 15 is 0 Å². The molecule has 2 saturated carbocycles. The summed E-state index contributed by atoms with van der Waals surface area (Å²) in [5.41, 5.74) is -4.73. The van der Waals surface area contributed by atoms with E-state index in [9.17, 15) is 14.7 Å². The van der Waals surface area contributed by atoms with Crippen molar-refractivity contribution in [2.45, 2.75) is 55.3 Å². The molecule has 0 amide bonds. The van der Waals surface area contributed by atoms with E-state index in [-0.39, 0.29) is 13.0 Å². The summed E-state index contributed by atoms with van der Waals surface area (Å²) < 4.78 is 17.2. The number of benzene rings is 1. The van der Waals surface area contributed by atoms with Crippen LogP contribution in [0.5, 0.6) is 0 Å². The van der Waals surface area contributed by atoms with Crippen molar-refractivity contribution in [3.8, 4) is 0 Å². The highest BCUT2D eigenvalue weighted by atomic mass is 32.1. The Labute approximate surface area is 157 Å². The molecule has 5 atom stereocenters. The molecule has 1 saturated heterocycles. The molecule has 6 nitrogen and oxygen atoms in total. The lowest BCUT2D eigenvalue weighted by Crippen LogP contribution is -2.84.